The number of ether oxygens (including phenoxy) is 3. The van der Waals surface area contributed by atoms with Crippen LogP contribution in [0.5, 0.6) is 11.5 Å². The molecule has 2 aromatic rings. The summed E-state index contributed by atoms with van der Waals surface area (Å²) in [6.07, 6.45) is 2.78. The molecule has 6 heteroatoms. The second-order valence-corrected chi connectivity index (χ2v) is 4.50. The molecule has 0 bridgehead atoms. The zero-order chi connectivity index (χ0) is 16.8. The van der Waals surface area contributed by atoms with Gasteiger partial charge in [-0.05, 0) is 30.3 Å². The van der Waals surface area contributed by atoms with Gasteiger partial charge in [0.05, 0.1) is 27.6 Å². The molecule has 120 valence electrons. The summed E-state index contributed by atoms with van der Waals surface area (Å²) in [5.74, 6) is -0.0305. The second kappa shape index (κ2) is 7.31. The van der Waals surface area contributed by atoms with Gasteiger partial charge in [0.15, 0.2) is 0 Å². The highest BCUT2D eigenvalue weighted by Gasteiger charge is 2.22. The van der Waals surface area contributed by atoms with E-state index in [1.807, 2.05) is 0 Å². The molecule has 2 rings (SSSR count). The Morgan fingerprint density at radius 3 is 2.17 bits per heavy atom. The van der Waals surface area contributed by atoms with E-state index in [4.69, 9.17) is 13.9 Å². The van der Waals surface area contributed by atoms with E-state index in [-0.39, 0.29) is 11.1 Å². The van der Waals surface area contributed by atoms with Gasteiger partial charge in [-0.2, -0.15) is 0 Å². The molecule has 0 radical (unpaired) electrons. The van der Waals surface area contributed by atoms with Gasteiger partial charge in [0, 0.05) is 11.6 Å². The summed E-state index contributed by atoms with van der Waals surface area (Å²) in [6, 6.07) is 7.94. The summed E-state index contributed by atoms with van der Waals surface area (Å²) in [5, 5.41) is 0. The number of Topliss-reactive ketones (excluding diaryl/α,β-unsaturated/α-hetero) is 1. The van der Waals surface area contributed by atoms with Crippen LogP contribution in [0.1, 0.15) is 16.1 Å². The van der Waals surface area contributed by atoms with Crippen molar-refractivity contribution in [2.75, 3.05) is 21.3 Å². The summed E-state index contributed by atoms with van der Waals surface area (Å²) in [5.41, 5.74) is 0.0853. The predicted octanol–water partition coefficient (Wildman–Crippen LogP) is 2.74. The quantitative estimate of drug-likeness (QED) is 0.268. The van der Waals surface area contributed by atoms with Crippen LogP contribution in [0.3, 0.4) is 0 Å². The maximum atomic E-state index is 12.7. The molecule has 6 nitrogen and oxygen atoms in total. The van der Waals surface area contributed by atoms with Crippen molar-refractivity contribution in [2.24, 2.45) is 0 Å². The van der Waals surface area contributed by atoms with E-state index in [0.29, 0.717) is 17.3 Å². The summed E-state index contributed by atoms with van der Waals surface area (Å²) in [7, 11) is 4.16. The summed E-state index contributed by atoms with van der Waals surface area (Å²) < 4.78 is 20.1. The Hall–Kier alpha value is -3.02. The topological polar surface area (TPSA) is 75.0 Å². The third kappa shape index (κ3) is 3.79. The van der Waals surface area contributed by atoms with Crippen LogP contribution in [-0.2, 0) is 9.53 Å². The lowest BCUT2D eigenvalue weighted by molar-refractivity contribution is -0.135. The number of methoxy groups -OCH3 is 3. The molecular weight excluding hydrogens is 300 g/mol. The number of hydrogen-bond acceptors (Lipinski definition) is 6. The fraction of sp³-hybridized carbons (Fsp3) is 0.176. The molecule has 0 atom stereocenters. The van der Waals surface area contributed by atoms with E-state index in [1.165, 1.54) is 45.8 Å². The maximum Gasteiger partial charge on any atom is 0.342 e. The maximum absolute atomic E-state index is 12.7. The van der Waals surface area contributed by atoms with Crippen LogP contribution in [0.4, 0.5) is 0 Å². The van der Waals surface area contributed by atoms with Gasteiger partial charge in [-0.25, -0.2) is 4.79 Å². The molecule has 1 aromatic heterocycles. The van der Waals surface area contributed by atoms with Gasteiger partial charge >= 0.3 is 5.97 Å². The van der Waals surface area contributed by atoms with Gasteiger partial charge in [0.25, 0.3) is 0 Å². The Labute approximate surface area is 133 Å². The number of furan rings is 1. The molecule has 1 heterocycles. The SMILES string of the molecule is COC(=O)/C(=C\c1ccco1)C(=O)c1cc(OC)cc(OC)c1. The minimum Gasteiger partial charge on any atom is -0.497 e. The predicted molar refractivity (Wildman–Crippen MR) is 82.6 cm³/mol. The van der Waals surface area contributed by atoms with Crippen molar-refractivity contribution in [1.29, 1.82) is 0 Å². The number of rotatable bonds is 6. The Morgan fingerprint density at radius 1 is 1.04 bits per heavy atom. The monoisotopic (exact) mass is 316 g/mol. The lowest BCUT2D eigenvalue weighted by atomic mass is 10.0. The Morgan fingerprint density at radius 2 is 1.70 bits per heavy atom. The Kier molecular flexibility index (Phi) is 5.19. The number of benzene rings is 1. The normalized spacial score (nSPS) is 11.0. The molecule has 0 fully saturated rings. The molecule has 0 spiro atoms. The average Bonchev–Trinajstić information content (AvgIpc) is 3.11. The van der Waals surface area contributed by atoms with Gasteiger partial charge in [-0.1, -0.05) is 0 Å². The van der Waals surface area contributed by atoms with Gasteiger partial charge in [0.2, 0.25) is 5.78 Å². The van der Waals surface area contributed by atoms with Gasteiger partial charge < -0.3 is 18.6 Å². The highest BCUT2D eigenvalue weighted by Crippen LogP contribution is 2.25. The average molecular weight is 316 g/mol. The molecule has 23 heavy (non-hydrogen) atoms. The summed E-state index contributed by atoms with van der Waals surface area (Å²) in [6.45, 7) is 0. The van der Waals surface area contributed by atoms with Crippen LogP contribution < -0.4 is 9.47 Å². The molecule has 0 unspecified atom stereocenters. The lowest BCUT2D eigenvalue weighted by Crippen LogP contribution is -2.15. The number of hydrogen-bond donors (Lipinski definition) is 0. The lowest BCUT2D eigenvalue weighted by Gasteiger charge is -2.09. The summed E-state index contributed by atoms with van der Waals surface area (Å²) in [4.78, 5) is 24.6. The van der Waals surface area contributed by atoms with E-state index in [9.17, 15) is 9.59 Å². The van der Waals surface area contributed by atoms with E-state index in [1.54, 1.807) is 18.2 Å². The number of esters is 1. The van der Waals surface area contributed by atoms with Gasteiger partial charge in [0.1, 0.15) is 22.8 Å². The van der Waals surface area contributed by atoms with Crippen LogP contribution in [-0.4, -0.2) is 33.1 Å². The molecular formula is C17H16O6. The van der Waals surface area contributed by atoms with Crippen molar-refractivity contribution < 1.29 is 28.2 Å². The minimum absolute atomic E-state index is 0.155. The fourth-order valence-corrected chi connectivity index (χ4v) is 1.94. The molecule has 0 amide bonds. The highest BCUT2D eigenvalue weighted by atomic mass is 16.5. The fourth-order valence-electron chi connectivity index (χ4n) is 1.94. The zero-order valence-corrected chi connectivity index (χ0v) is 13.0. The van der Waals surface area contributed by atoms with E-state index >= 15 is 0 Å². The van der Waals surface area contributed by atoms with Crippen molar-refractivity contribution in [3.05, 3.63) is 53.5 Å². The molecule has 1 aromatic carbocycles. The van der Waals surface area contributed by atoms with Crippen LogP contribution in [0, 0.1) is 0 Å². The molecule has 0 saturated carbocycles. The second-order valence-electron chi connectivity index (χ2n) is 4.50. The smallest absolute Gasteiger partial charge is 0.342 e. The highest BCUT2D eigenvalue weighted by molar-refractivity contribution is 6.26. The van der Waals surface area contributed by atoms with Gasteiger partial charge in [-0.15, -0.1) is 0 Å². The largest absolute Gasteiger partial charge is 0.497 e. The molecule has 0 saturated heterocycles. The first-order chi connectivity index (χ1) is 11.1. The third-order valence-corrected chi connectivity index (χ3v) is 3.09. The Bertz CT molecular complexity index is 705. The first kappa shape index (κ1) is 16.4. The van der Waals surface area contributed by atoms with Crippen molar-refractivity contribution in [3.8, 4) is 11.5 Å². The molecule has 0 aliphatic carbocycles. The Balaban J connectivity index is 2.47. The van der Waals surface area contributed by atoms with Crippen LogP contribution in [0.25, 0.3) is 6.08 Å². The van der Waals surface area contributed by atoms with Gasteiger partial charge in [-0.3, -0.25) is 4.79 Å². The van der Waals surface area contributed by atoms with Crippen molar-refractivity contribution in [2.45, 2.75) is 0 Å². The van der Waals surface area contributed by atoms with E-state index in [0.717, 1.165) is 0 Å². The van der Waals surface area contributed by atoms with Crippen LogP contribution >= 0.6 is 0 Å². The van der Waals surface area contributed by atoms with E-state index in [2.05, 4.69) is 4.74 Å². The van der Waals surface area contributed by atoms with Crippen molar-refractivity contribution in [3.63, 3.8) is 0 Å². The van der Waals surface area contributed by atoms with Crippen molar-refractivity contribution in [1.82, 2.24) is 0 Å². The zero-order valence-electron chi connectivity index (χ0n) is 13.0. The van der Waals surface area contributed by atoms with Crippen molar-refractivity contribution >= 4 is 17.8 Å². The number of ketones is 1. The van der Waals surface area contributed by atoms with E-state index < -0.39 is 11.8 Å². The minimum atomic E-state index is -0.756. The summed E-state index contributed by atoms with van der Waals surface area (Å²) >= 11 is 0. The molecule has 0 aliphatic heterocycles. The number of carbonyl (C=O) groups is 2. The molecule has 0 aliphatic rings. The van der Waals surface area contributed by atoms with Crippen LogP contribution in [0.15, 0.2) is 46.6 Å². The molecule has 0 N–H and O–H groups in total. The third-order valence-electron chi connectivity index (χ3n) is 3.09. The van der Waals surface area contributed by atoms with Crippen LogP contribution in [0.2, 0.25) is 0 Å². The first-order valence-electron chi connectivity index (χ1n) is 6.70. The number of carbonyl (C=O) groups excluding carboxylic acids is 2. The standard InChI is InChI=1S/C17H16O6/c1-20-13-7-11(8-14(9-13)21-2)16(18)15(17(19)22-3)10-12-5-4-6-23-12/h4-10H,1-3H3/b15-10-. The first-order valence-corrected chi connectivity index (χ1v) is 6.70.